The molecule has 1 amide bonds. The zero-order valence-corrected chi connectivity index (χ0v) is 17.6. The van der Waals surface area contributed by atoms with Crippen LogP contribution in [0.5, 0.6) is 11.5 Å². The molecule has 0 saturated carbocycles. The van der Waals surface area contributed by atoms with Crippen molar-refractivity contribution < 1.29 is 22.7 Å². The molecule has 1 fully saturated rings. The Morgan fingerprint density at radius 3 is 2.77 bits per heavy atom. The Kier molecular flexibility index (Phi) is 5.38. The molecule has 0 bridgehead atoms. The van der Waals surface area contributed by atoms with Gasteiger partial charge in [0.1, 0.15) is 23.9 Å². The number of nitrogens with zero attached hydrogens (tertiary/aromatic N) is 2. The molecular formula is C21H23N3O5S. The number of rotatable bonds is 5. The largest absolute Gasteiger partial charge is 0.497 e. The third kappa shape index (κ3) is 3.60. The van der Waals surface area contributed by atoms with E-state index in [9.17, 15) is 13.2 Å². The second-order valence-corrected chi connectivity index (χ2v) is 8.77. The number of likely N-dealkylation sites (tertiary alicyclic amines) is 1. The van der Waals surface area contributed by atoms with E-state index in [2.05, 4.69) is 9.71 Å². The second-order valence-electron chi connectivity index (χ2n) is 7.12. The molecule has 1 N–H and O–H groups in total. The summed E-state index contributed by atoms with van der Waals surface area (Å²) in [4.78, 5) is 19.2. The van der Waals surface area contributed by atoms with Crippen LogP contribution in [0, 0.1) is 0 Å². The van der Waals surface area contributed by atoms with Gasteiger partial charge in [-0.1, -0.05) is 12.1 Å². The topological polar surface area (TPSA) is 97.3 Å². The maximum atomic E-state index is 13.0. The molecule has 8 nitrogen and oxygen atoms in total. The number of amidine groups is 1. The van der Waals surface area contributed by atoms with Crippen LogP contribution in [-0.4, -0.2) is 52.4 Å². The number of hydrogen-bond acceptors (Lipinski definition) is 6. The van der Waals surface area contributed by atoms with Gasteiger partial charge in [-0.05, 0) is 37.1 Å². The number of nitrogens with one attached hydrogen (secondary N) is 1. The summed E-state index contributed by atoms with van der Waals surface area (Å²) in [5.74, 6) is 1.40. The second kappa shape index (κ2) is 7.98. The highest BCUT2D eigenvalue weighted by atomic mass is 32.2. The molecule has 0 aromatic heterocycles. The average molecular weight is 429 g/mol. The maximum absolute atomic E-state index is 13.0. The van der Waals surface area contributed by atoms with Crippen molar-refractivity contribution in [3.63, 3.8) is 0 Å². The Labute approximate surface area is 175 Å². The van der Waals surface area contributed by atoms with Crippen molar-refractivity contribution in [2.24, 2.45) is 4.99 Å². The number of hydrogen-bond donors (Lipinski definition) is 1. The fraction of sp³-hybridized carbons (Fsp3) is 0.333. The van der Waals surface area contributed by atoms with E-state index < -0.39 is 10.0 Å². The van der Waals surface area contributed by atoms with E-state index in [-0.39, 0.29) is 29.2 Å². The summed E-state index contributed by atoms with van der Waals surface area (Å²) in [5.41, 5.74) is 1.41. The van der Waals surface area contributed by atoms with Gasteiger partial charge >= 0.3 is 0 Å². The number of methoxy groups -OCH3 is 2. The summed E-state index contributed by atoms with van der Waals surface area (Å²) in [5, 5.41) is 0. The fourth-order valence-electron chi connectivity index (χ4n) is 3.97. The summed E-state index contributed by atoms with van der Waals surface area (Å²) < 4.78 is 37.6. The molecular weight excluding hydrogens is 406 g/mol. The zero-order valence-electron chi connectivity index (χ0n) is 16.8. The number of carbonyl (C=O) groups excluding carboxylic acids is 1. The molecule has 2 aliphatic heterocycles. The number of fused-ring (bicyclic) bond motifs is 1. The molecule has 2 aromatic carbocycles. The van der Waals surface area contributed by atoms with Crippen LogP contribution in [0.15, 0.2) is 52.4 Å². The lowest BCUT2D eigenvalue weighted by Gasteiger charge is -2.26. The minimum Gasteiger partial charge on any atom is -0.497 e. The number of ether oxygens (including phenoxy) is 2. The van der Waals surface area contributed by atoms with Crippen LogP contribution in [0.4, 0.5) is 0 Å². The molecule has 0 spiro atoms. The van der Waals surface area contributed by atoms with Gasteiger partial charge in [0.15, 0.2) is 0 Å². The SMILES string of the molecule is COc1ccc(C2CCCN2C(=O)CN=C2NS(=O)(=O)c3ccccc32)c(OC)c1. The minimum absolute atomic E-state index is 0.119. The van der Waals surface area contributed by atoms with Crippen LogP contribution in [0.2, 0.25) is 0 Å². The highest BCUT2D eigenvalue weighted by molar-refractivity contribution is 7.90. The summed E-state index contributed by atoms with van der Waals surface area (Å²) in [6.45, 7) is 0.479. The molecule has 2 aliphatic rings. The first kappa shape index (κ1) is 20.2. The highest BCUT2D eigenvalue weighted by Crippen LogP contribution is 2.38. The predicted molar refractivity (Wildman–Crippen MR) is 111 cm³/mol. The lowest BCUT2D eigenvalue weighted by atomic mass is 10.0. The highest BCUT2D eigenvalue weighted by Gasteiger charge is 2.33. The Hall–Kier alpha value is -3.07. The predicted octanol–water partition coefficient (Wildman–Crippen LogP) is 2.11. The quantitative estimate of drug-likeness (QED) is 0.785. The van der Waals surface area contributed by atoms with Crippen molar-refractivity contribution in [3.05, 3.63) is 53.6 Å². The number of carbonyl (C=O) groups is 1. The van der Waals surface area contributed by atoms with Crippen LogP contribution in [0.3, 0.4) is 0 Å². The van der Waals surface area contributed by atoms with Crippen LogP contribution in [0.25, 0.3) is 0 Å². The number of amides is 1. The van der Waals surface area contributed by atoms with Crippen molar-refractivity contribution in [2.75, 3.05) is 27.3 Å². The van der Waals surface area contributed by atoms with Crippen molar-refractivity contribution >= 4 is 21.8 Å². The minimum atomic E-state index is -3.63. The van der Waals surface area contributed by atoms with Crippen molar-refractivity contribution in [1.29, 1.82) is 0 Å². The monoisotopic (exact) mass is 429 g/mol. The van der Waals surface area contributed by atoms with E-state index in [0.717, 1.165) is 18.4 Å². The van der Waals surface area contributed by atoms with Gasteiger partial charge in [0.25, 0.3) is 10.0 Å². The first-order valence-corrected chi connectivity index (χ1v) is 11.1. The van der Waals surface area contributed by atoms with Gasteiger partial charge in [0.05, 0.1) is 25.2 Å². The Bertz CT molecular complexity index is 1110. The van der Waals surface area contributed by atoms with Gasteiger partial charge < -0.3 is 14.4 Å². The van der Waals surface area contributed by atoms with Gasteiger partial charge in [-0.15, -0.1) is 0 Å². The summed E-state index contributed by atoms with van der Waals surface area (Å²) >= 11 is 0. The molecule has 0 radical (unpaired) electrons. The van der Waals surface area contributed by atoms with E-state index in [1.807, 2.05) is 12.1 Å². The summed E-state index contributed by atoms with van der Waals surface area (Å²) in [6.07, 6.45) is 1.69. The lowest BCUT2D eigenvalue weighted by Crippen LogP contribution is -2.33. The van der Waals surface area contributed by atoms with Crippen LogP contribution in [0.1, 0.15) is 30.0 Å². The standard InChI is InChI=1S/C21H23N3O5S/c1-28-14-9-10-15(18(12-14)29-2)17-7-5-11-24(17)20(25)13-22-21-16-6-3-4-8-19(16)30(26,27)23-21/h3-4,6,8-10,12,17H,5,7,11,13H2,1-2H3,(H,22,23). The molecule has 2 aromatic rings. The molecule has 30 heavy (non-hydrogen) atoms. The van der Waals surface area contributed by atoms with Crippen molar-refractivity contribution in [1.82, 2.24) is 9.62 Å². The molecule has 158 valence electrons. The molecule has 4 rings (SSSR count). The normalized spacial score (nSPS) is 20.7. The Balaban J connectivity index is 1.55. The number of aliphatic imine (C=N–C) groups is 1. The van der Waals surface area contributed by atoms with Gasteiger partial charge in [0.2, 0.25) is 5.91 Å². The van der Waals surface area contributed by atoms with E-state index >= 15 is 0 Å². The van der Waals surface area contributed by atoms with Crippen LogP contribution in [-0.2, 0) is 14.8 Å². The Morgan fingerprint density at radius 1 is 1.20 bits per heavy atom. The Morgan fingerprint density at radius 2 is 2.00 bits per heavy atom. The fourth-order valence-corrected chi connectivity index (χ4v) is 5.22. The van der Waals surface area contributed by atoms with Crippen molar-refractivity contribution in [2.45, 2.75) is 23.8 Å². The van der Waals surface area contributed by atoms with E-state index in [1.54, 1.807) is 43.4 Å². The first-order valence-electron chi connectivity index (χ1n) is 9.62. The average Bonchev–Trinajstić information content (AvgIpc) is 3.34. The zero-order chi connectivity index (χ0) is 21.3. The number of sulfonamides is 1. The van der Waals surface area contributed by atoms with Crippen LogP contribution < -0.4 is 14.2 Å². The summed E-state index contributed by atoms with van der Waals surface area (Å²) in [6, 6.07) is 12.1. The van der Waals surface area contributed by atoms with E-state index in [0.29, 0.717) is 23.6 Å². The smallest absolute Gasteiger partial charge is 0.263 e. The molecule has 9 heteroatoms. The number of benzene rings is 2. The molecule has 0 aliphatic carbocycles. The molecule has 2 heterocycles. The third-order valence-electron chi connectivity index (χ3n) is 5.41. The maximum Gasteiger partial charge on any atom is 0.263 e. The van der Waals surface area contributed by atoms with Crippen LogP contribution >= 0.6 is 0 Å². The third-order valence-corrected chi connectivity index (χ3v) is 6.81. The van der Waals surface area contributed by atoms with Gasteiger partial charge in [-0.3, -0.25) is 14.5 Å². The molecule has 1 saturated heterocycles. The summed E-state index contributed by atoms with van der Waals surface area (Å²) in [7, 11) is -0.441. The van der Waals surface area contributed by atoms with Gasteiger partial charge in [-0.2, -0.15) is 0 Å². The molecule has 1 unspecified atom stereocenters. The first-order chi connectivity index (χ1) is 14.4. The van der Waals surface area contributed by atoms with Crippen molar-refractivity contribution in [3.8, 4) is 11.5 Å². The van der Waals surface area contributed by atoms with E-state index in [1.165, 1.54) is 6.07 Å². The molecule has 1 atom stereocenters. The lowest BCUT2D eigenvalue weighted by molar-refractivity contribution is -0.130. The van der Waals surface area contributed by atoms with Gasteiger partial charge in [0, 0.05) is 23.7 Å². The van der Waals surface area contributed by atoms with E-state index in [4.69, 9.17) is 9.47 Å². The van der Waals surface area contributed by atoms with Gasteiger partial charge in [-0.25, -0.2) is 8.42 Å².